The van der Waals surface area contributed by atoms with Crippen molar-refractivity contribution in [2.24, 2.45) is 10.8 Å². The minimum absolute atomic E-state index is 0.0817. The maximum absolute atomic E-state index is 9.41. The average molecular weight is 454 g/mol. The van der Waals surface area contributed by atoms with E-state index in [2.05, 4.69) is 76.4 Å². The van der Waals surface area contributed by atoms with Crippen LogP contribution in [0, 0.1) is 28.7 Å². The molecule has 0 atom stereocenters. The number of nitrogens with zero attached hydrogens (tertiary/aromatic N) is 3. The summed E-state index contributed by atoms with van der Waals surface area (Å²) in [6, 6.07) is 6.67. The van der Waals surface area contributed by atoms with E-state index in [9.17, 15) is 5.26 Å². The molecule has 0 amide bonds. The first-order valence-corrected chi connectivity index (χ1v) is 12.1. The minimum Gasteiger partial charge on any atom is -0.461 e. The predicted molar refractivity (Wildman–Crippen MR) is 139 cm³/mol. The lowest BCUT2D eigenvalue weighted by Crippen LogP contribution is -2.46. The molecule has 34 heavy (non-hydrogen) atoms. The van der Waals surface area contributed by atoms with Gasteiger partial charge in [-0.3, -0.25) is 0 Å². The van der Waals surface area contributed by atoms with E-state index in [4.69, 9.17) is 11.3 Å². The zero-order chi connectivity index (χ0) is 24.9. The summed E-state index contributed by atoms with van der Waals surface area (Å²) >= 11 is 0. The van der Waals surface area contributed by atoms with Crippen molar-refractivity contribution in [1.29, 1.82) is 5.26 Å². The van der Waals surface area contributed by atoms with Gasteiger partial charge < -0.3 is 9.64 Å². The summed E-state index contributed by atoms with van der Waals surface area (Å²) in [6.45, 7) is 25.2. The van der Waals surface area contributed by atoms with Gasteiger partial charge in [0.2, 0.25) is 0 Å². The second-order valence-electron chi connectivity index (χ2n) is 12.2. The minimum atomic E-state index is -0.240. The van der Waals surface area contributed by atoms with Gasteiger partial charge in [-0.2, -0.15) is 0 Å². The third-order valence-corrected chi connectivity index (χ3v) is 7.03. The number of nitriles is 1. The Bertz CT molecular complexity index is 1220. The number of allylic oxidation sites excluding steroid dienone is 6. The Hall–Kier alpha value is -3.24. The van der Waals surface area contributed by atoms with Crippen LogP contribution in [0.15, 0.2) is 53.1 Å². The second kappa shape index (κ2) is 8.21. The molecule has 3 aliphatic rings. The van der Waals surface area contributed by atoms with Crippen molar-refractivity contribution in [2.45, 2.75) is 66.7 Å². The molecule has 0 fully saturated rings. The molecule has 4 rings (SSSR count). The van der Waals surface area contributed by atoms with E-state index in [1.807, 2.05) is 18.2 Å². The zero-order valence-electron chi connectivity index (χ0n) is 21.5. The molecule has 3 aliphatic heterocycles. The van der Waals surface area contributed by atoms with Gasteiger partial charge in [0.1, 0.15) is 11.5 Å². The quantitative estimate of drug-likeness (QED) is 0.348. The van der Waals surface area contributed by atoms with Gasteiger partial charge in [0.15, 0.2) is 0 Å². The van der Waals surface area contributed by atoms with Gasteiger partial charge in [0, 0.05) is 24.2 Å². The van der Waals surface area contributed by atoms with E-state index in [0.717, 1.165) is 37.3 Å². The van der Waals surface area contributed by atoms with Gasteiger partial charge in [-0.25, -0.2) is 10.1 Å². The molecule has 0 aromatic heterocycles. The summed E-state index contributed by atoms with van der Waals surface area (Å²) in [5.74, 6) is 1.39. The lowest BCUT2D eigenvalue weighted by atomic mass is 9.71. The summed E-state index contributed by atoms with van der Waals surface area (Å²) in [7, 11) is 0. The summed E-state index contributed by atoms with van der Waals surface area (Å²) in [5, 5.41) is 9.41. The van der Waals surface area contributed by atoms with Crippen LogP contribution in [0.4, 0.5) is 5.69 Å². The molecule has 4 nitrogen and oxygen atoms in total. The summed E-state index contributed by atoms with van der Waals surface area (Å²) < 4.78 is 6.19. The molecule has 1 aromatic rings. The van der Waals surface area contributed by atoms with Crippen molar-refractivity contribution in [3.8, 4) is 6.07 Å². The molecule has 0 saturated carbocycles. The first-order valence-electron chi connectivity index (χ1n) is 12.1. The lowest BCUT2D eigenvalue weighted by molar-refractivity contribution is 0.223. The second-order valence-corrected chi connectivity index (χ2v) is 12.2. The van der Waals surface area contributed by atoms with Gasteiger partial charge in [-0.15, -0.1) is 0 Å². The van der Waals surface area contributed by atoms with Crippen molar-refractivity contribution < 1.29 is 4.74 Å². The van der Waals surface area contributed by atoms with Crippen LogP contribution in [0.2, 0.25) is 0 Å². The molecule has 1 aromatic carbocycles. The summed E-state index contributed by atoms with van der Waals surface area (Å²) in [6.07, 6.45) is 9.90. The highest BCUT2D eigenvalue weighted by molar-refractivity contribution is 5.71. The third kappa shape index (κ3) is 4.55. The number of ether oxygens (including phenoxy) is 1. The number of benzene rings is 1. The van der Waals surface area contributed by atoms with Gasteiger partial charge in [0.25, 0.3) is 5.70 Å². The molecule has 0 radical (unpaired) electrons. The standard InChI is InChI=1S/C30H35N3O/c1-28(2,3)26-16-21(25(18-31)32-8)15-23(34-26)10-9-20-13-22-17-29(4,5)19-33-12-11-30(6,7)24(14-20)27(22)33/h9-10,13-16H,11-12,17,19H2,1-7H3/b10-9+,25-21+. The predicted octanol–water partition coefficient (Wildman–Crippen LogP) is 7.31. The van der Waals surface area contributed by atoms with Crippen molar-refractivity contribution >= 4 is 11.8 Å². The van der Waals surface area contributed by atoms with Gasteiger partial charge in [-0.05, 0) is 76.3 Å². The van der Waals surface area contributed by atoms with E-state index in [1.165, 1.54) is 16.8 Å². The molecule has 0 N–H and O–H groups in total. The Kier molecular flexibility index (Phi) is 5.77. The average Bonchev–Trinajstić information content (AvgIpc) is 2.74. The highest BCUT2D eigenvalue weighted by atomic mass is 16.5. The maximum Gasteiger partial charge on any atom is 0.269 e. The number of hydrogen-bond acceptors (Lipinski definition) is 3. The first kappa shape index (κ1) is 23.9. The molecule has 0 unspecified atom stereocenters. The lowest BCUT2D eigenvalue weighted by Gasteiger charge is -2.48. The highest BCUT2D eigenvalue weighted by Crippen LogP contribution is 2.47. The van der Waals surface area contributed by atoms with Crippen LogP contribution in [0.5, 0.6) is 0 Å². The molecular formula is C30H35N3O. The SMILES string of the molecule is [C-]#[N+]/C(C#N)=C1C=C(/C=C/c2cc3c4c(c2)C(C)(C)CCN4CC(C)(C)C3)OC(C(C)(C)C)=C\1. The van der Waals surface area contributed by atoms with Crippen LogP contribution in [-0.4, -0.2) is 13.1 Å². The Morgan fingerprint density at radius 3 is 2.56 bits per heavy atom. The molecule has 0 bridgehead atoms. The van der Waals surface area contributed by atoms with Crippen molar-refractivity contribution in [3.05, 3.63) is 81.3 Å². The van der Waals surface area contributed by atoms with E-state index in [1.54, 1.807) is 6.08 Å². The zero-order valence-corrected chi connectivity index (χ0v) is 21.5. The van der Waals surface area contributed by atoms with Crippen LogP contribution >= 0.6 is 0 Å². The Labute approximate surface area is 204 Å². The fourth-order valence-corrected chi connectivity index (χ4v) is 5.19. The van der Waals surface area contributed by atoms with Crippen LogP contribution in [0.1, 0.15) is 71.6 Å². The van der Waals surface area contributed by atoms with Gasteiger partial charge >= 0.3 is 0 Å². The Balaban J connectivity index is 1.76. The third-order valence-electron chi connectivity index (χ3n) is 7.03. The summed E-state index contributed by atoms with van der Waals surface area (Å²) in [5.41, 5.74) is 6.30. The van der Waals surface area contributed by atoms with E-state index in [-0.39, 0.29) is 21.9 Å². The molecule has 4 heteroatoms. The largest absolute Gasteiger partial charge is 0.461 e. The molecule has 3 heterocycles. The Morgan fingerprint density at radius 2 is 1.91 bits per heavy atom. The van der Waals surface area contributed by atoms with Crippen molar-refractivity contribution in [3.63, 3.8) is 0 Å². The number of rotatable bonds is 2. The normalized spacial score (nSPS) is 22.1. The van der Waals surface area contributed by atoms with E-state index in [0.29, 0.717) is 11.3 Å². The van der Waals surface area contributed by atoms with Gasteiger partial charge in [0.05, 0.1) is 12.6 Å². The van der Waals surface area contributed by atoms with Crippen molar-refractivity contribution in [2.75, 3.05) is 18.0 Å². The van der Waals surface area contributed by atoms with Gasteiger partial charge in [-0.1, -0.05) is 54.5 Å². The fraction of sp³-hybridized carbons (Fsp3) is 0.467. The Morgan fingerprint density at radius 1 is 1.18 bits per heavy atom. The summed E-state index contributed by atoms with van der Waals surface area (Å²) in [4.78, 5) is 6.00. The molecular weight excluding hydrogens is 418 g/mol. The van der Waals surface area contributed by atoms with Crippen LogP contribution < -0.4 is 4.90 Å². The monoisotopic (exact) mass is 453 g/mol. The van der Waals surface area contributed by atoms with Crippen LogP contribution in [0.25, 0.3) is 10.9 Å². The van der Waals surface area contributed by atoms with E-state index >= 15 is 0 Å². The topological polar surface area (TPSA) is 40.6 Å². The maximum atomic E-state index is 9.41. The molecule has 0 spiro atoms. The van der Waals surface area contributed by atoms with Crippen LogP contribution in [0.3, 0.4) is 0 Å². The number of hydrogen-bond donors (Lipinski definition) is 0. The molecule has 176 valence electrons. The van der Waals surface area contributed by atoms with E-state index < -0.39 is 0 Å². The van der Waals surface area contributed by atoms with Crippen LogP contribution in [-0.2, 0) is 16.6 Å². The number of anilines is 1. The smallest absolute Gasteiger partial charge is 0.269 e. The fourth-order valence-electron chi connectivity index (χ4n) is 5.19. The first-order chi connectivity index (χ1) is 15.8. The van der Waals surface area contributed by atoms with Crippen molar-refractivity contribution in [1.82, 2.24) is 0 Å². The molecule has 0 saturated heterocycles. The molecule has 0 aliphatic carbocycles. The highest BCUT2D eigenvalue weighted by Gasteiger charge is 2.39.